The number of benzene rings is 1. The zero-order chi connectivity index (χ0) is 13.4. The molecule has 0 aliphatic rings. The van der Waals surface area contributed by atoms with Crippen LogP contribution in [0.3, 0.4) is 0 Å². The number of halogens is 2. The number of rotatable bonds is 7. The normalized spacial score (nSPS) is 10.4. The van der Waals surface area contributed by atoms with Crippen molar-refractivity contribution in [3.05, 3.63) is 34.1 Å². The maximum atomic E-state index is 13.6. The van der Waals surface area contributed by atoms with Gasteiger partial charge in [-0.2, -0.15) is 0 Å². The van der Waals surface area contributed by atoms with E-state index < -0.39 is 11.7 Å². The molecular weight excluding hydrogens is 303 g/mol. The van der Waals surface area contributed by atoms with Crippen molar-refractivity contribution in [1.29, 1.82) is 0 Å². The second-order valence-corrected chi connectivity index (χ2v) is 4.45. The summed E-state index contributed by atoms with van der Waals surface area (Å²) in [5.41, 5.74) is 0.0428. The van der Waals surface area contributed by atoms with Crippen LogP contribution in [-0.4, -0.2) is 39.3 Å². The molecule has 0 saturated heterocycles. The molecular formula is C12H16BrFN2O2. The van der Waals surface area contributed by atoms with Crippen molar-refractivity contribution in [2.24, 2.45) is 0 Å². The Bertz CT molecular complexity index is 402. The number of carbonyl (C=O) groups excluding carboxylic acids is 1. The first-order valence-electron chi connectivity index (χ1n) is 5.58. The molecule has 1 aromatic carbocycles. The van der Waals surface area contributed by atoms with E-state index in [-0.39, 0.29) is 10.0 Å². The summed E-state index contributed by atoms with van der Waals surface area (Å²) in [6.45, 7) is 2.39. The predicted octanol–water partition coefficient (Wildman–Crippen LogP) is 1.55. The van der Waals surface area contributed by atoms with Gasteiger partial charge < -0.3 is 15.4 Å². The molecule has 1 aromatic rings. The summed E-state index contributed by atoms with van der Waals surface area (Å²) in [6, 6.07) is 4.63. The molecule has 2 N–H and O–H groups in total. The maximum Gasteiger partial charge on any atom is 0.254 e. The van der Waals surface area contributed by atoms with Crippen molar-refractivity contribution in [1.82, 2.24) is 10.6 Å². The van der Waals surface area contributed by atoms with E-state index in [9.17, 15) is 9.18 Å². The van der Waals surface area contributed by atoms with E-state index in [1.807, 2.05) is 0 Å². The fourth-order valence-electron chi connectivity index (χ4n) is 1.34. The topological polar surface area (TPSA) is 50.4 Å². The molecule has 18 heavy (non-hydrogen) atoms. The summed E-state index contributed by atoms with van der Waals surface area (Å²) in [5.74, 6) is -0.954. The Kier molecular flexibility index (Phi) is 6.85. The smallest absolute Gasteiger partial charge is 0.254 e. The third-order valence-electron chi connectivity index (χ3n) is 2.27. The number of methoxy groups -OCH3 is 1. The zero-order valence-electron chi connectivity index (χ0n) is 10.1. The van der Waals surface area contributed by atoms with Crippen molar-refractivity contribution < 1.29 is 13.9 Å². The van der Waals surface area contributed by atoms with Gasteiger partial charge in [0, 0.05) is 26.7 Å². The first-order chi connectivity index (χ1) is 8.66. The summed E-state index contributed by atoms with van der Waals surface area (Å²) >= 11 is 3.04. The van der Waals surface area contributed by atoms with Gasteiger partial charge in [0.05, 0.1) is 16.6 Å². The third-order valence-corrected chi connectivity index (χ3v) is 2.88. The van der Waals surface area contributed by atoms with Crippen LogP contribution in [-0.2, 0) is 4.74 Å². The van der Waals surface area contributed by atoms with E-state index >= 15 is 0 Å². The summed E-state index contributed by atoms with van der Waals surface area (Å²) in [7, 11) is 1.62. The molecule has 0 aromatic heterocycles. The van der Waals surface area contributed by atoms with Crippen LogP contribution in [0.5, 0.6) is 0 Å². The summed E-state index contributed by atoms with van der Waals surface area (Å²) < 4.78 is 18.7. The minimum Gasteiger partial charge on any atom is -0.383 e. The highest BCUT2D eigenvalue weighted by Gasteiger charge is 2.12. The SMILES string of the molecule is COCCNCCNC(=O)c1cccc(Br)c1F. The first kappa shape index (κ1) is 15.1. The van der Waals surface area contributed by atoms with E-state index in [1.165, 1.54) is 6.07 Å². The van der Waals surface area contributed by atoms with E-state index in [2.05, 4.69) is 26.6 Å². The number of carbonyl (C=O) groups is 1. The lowest BCUT2D eigenvalue weighted by Gasteiger charge is -2.07. The molecule has 0 atom stereocenters. The minimum atomic E-state index is -0.539. The Morgan fingerprint density at radius 2 is 2.17 bits per heavy atom. The zero-order valence-corrected chi connectivity index (χ0v) is 11.7. The minimum absolute atomic E-state index is 0.0428. The monoisotopic (exact) mass is 318 g/mol. The molecule has 0 spiro atoms. The van der Waals surface area contributed by atoms with Gasteiger partial charge in [0.15, 0.2) is 0 Å². The van der Waals surface area contributed by atoms with Crippen LogP contribution in [0.4, 0.5) is 4.39 Å². The van der Waals surface area contributed by atoms with Gasteiger partial charge in [0.25, 0.3) is 5.91 Å². The second kappa shape index (κ2) is 8.18. The fraction of sp³-hybridized carbons (Fsp3) is 0.417. The van der Waals surface area contributed by atoms with E-state index in [0.717, 1.165) is 6.54 Å². The van der Waals surface area contributed by atoms with Crippen molar-refractivity contribution in [3.8, 4) is 0 Å². The number of hydrogen-bond donors (Lipinski definition) is 2. The number of ether oxygens (including phenoxy) is 1. The highest BCUT2D eigenvalue weighted by atomic mass is 79.9. The van der Waals surface area contributed by atoms with Crippen LogP contribution in [0.15, 0.2) is 22.7 Å². The van der Waals surface area contributed by atoms with E-state index in [4.69, 9.17) is 4.74 Å². The van der Waals surface area contributed by atoms with Gasteiger partial charge >= 0.3 is 0 Å². The molecule has 0 aliphatic heterocycles. The molecule has 1 rings (SSSR count). The largest absolute Gasteiger partial charge is 0.383 e. The van der Waals surface area contributed by atoms with Crippen molar-refractivity contribution in [3.63, 3.8) is 0 Å². The summed E-state index contributed by atoms with van der Waals surface area (Å²) in [6.07, 6.45) is 0. The molecule has 0 heterocycles. The average molecular weight is 319 g/mol. The molecule has 6 heteroatoms. The van der Waals surface area contributed by atoms with Crippen LogP contribution in [0.25, 0.3) is 0 Å². The van der Waals surface area contributed by atoms with Crippen molar-refractivity contribution in [2.75, 3.05) is 33.4 Å². The van der Waals surface area contributed by atoms with E-state index in [1.54, 1.807) is 19.2 Å². The fourth-order valence-corrected chi connectivity index (χ4v) is 1.70. The predicted molar refractivity (Wildman–Crippen MR) is 71.2 cm³/mol. The van der Waals surface area contributed by atoms with E-state index in [0.29, 0.717) is 19.7 Å². The van der Waals surface area contributed by atoms with Gasteiger partial charge in [-0.3, -0.25) is 4.79 Å². The van der Waals surface area contributed by atoms with Gasteiger partial charge in [-0.1, -0.05) is 6.07 Å². The highest BCUT2D eigenvalue weighted by molar-refractivity contribution is 9.10. The number of amides is 1. The lowest BCUT2D eigenvalue weighted by Crippen LogP contribution is -2.33. The maximum absolute atomic E-state index is 13.6. The molecule has 0 aliphatic carbocycles. The molecule has 1 amide bonds. The summed E-state index contributed by atoms with van der Waals surface area (Å²) in [5, 5.41) is 5.72. The van der Waals surface area contributed by atoms with Crippen LogP contribution in [0, 0.1) is 5.82 Å². The second-order valence-electron chi connectivity index (χ2n) is 3.60. The molecule has 0 saturated carbocycles. The van der Waals surface area contributed by atoms with Gasteiger partial charge in [-0.15, -0.1) is 0 Å². The van der Waals surface area contributed by atoms with Gasteiger partial charge in [-0.05, 0) is 28.1 Å². The van der Waals surface area contributed by atoms with Gasteiger partial charge in [-0.25, -0.2) is 4.39 Å². The Morgan fingerprint density at radius 1 is 1.39 bits per heavy atom. The first-order valence-corrected chi connectivity index (χ1v) is 6.38. The van der Waals surface area contributed by atoms with Gasteiger partial charge in [0.1, 0.15) is 5.82 Å². The highest BCUT2D eigenvalue weighted by Crippen LogP contribution is 2.18. The third kappa shape index (κ3) is 4.72. The molecule has 100 valence electrons. The molecule has 0 radical (unpaired) electrons. The Hall–Kier alpha value is -0.980. The van der Waals surface area contributed by atoms with Crippen LogP contribution < -0.4 is 10.6 Å². The van der Waals surface area contributed by atoms with Crippen molar-refractivity contribution >= 4 is 21.8 Å². The number of hydrogen-bond acceptors (Lipinski definition) is 3. The van der Waals surface area contributed by atoms with Crippen molar-refractivity contribution in [2.45, 2.75) is 0 Å². The van der Waals surface area contributed by atoms with Crippen LogP contribution in [0.1, 0.15) is 10.4 Å². The van der Waals surface area contributed by atoms with Crippen LogP contribution in [0.2, 0.25) is 0 Å². The quantitative estimate of drug-likeness (QED) is 0.750. The molecule has 4 nitrogen and oxygen atoms in total. The van der Waals surface area contributed by atoms with Gasteiger partial charge in [0.2, 0.25) is 0 Å². The molecule has 0 bridgehead atoms. The lowest BCUT2D eigenvalue weighted by molar-refractivity contribution is 0.0949. The Morgan fingerprint density at radius 3 is 2.89 bits per heavy atom. The summed E-state index contributed by atoms with van der Waals surface area (Å²) in [4.78, 5) is 11.7. The standard InChI is InChI=1S/C12H16BrFN2O2/c1-18-8-7-15-5-6-16-12(17)9-3-2-4-10(13)11(9)14/h2-4,15H,5-8H2,1H3,(H,16,17). The number of nitrogens with one attached hydrogen (secondary N) is 2. The Labute approximate surface area is 114 Å². The van der Waals surface area contributed by atoms with Crippen LogP contribution >= 0.6 is 15.9 Å². The molecule has 0 unspecified atom stereocenters. The average Bonchev–Trinajstić information content (AvgIpc) is 2.36. The molecule has 0 fully saturated rings. The Balaban J connectivity index is 2.35. The lowest BCUT2D eigenvalue weighted by atomic mass is 10.2.